The van der Waals surface area contributed by atoms with Crippen LogP contribution in [0.15, 0.2) is 23.8 Å². The number of ether oxygens (including phenoxy) is 1. The molecule has 29 heavy (non-hydrogen) atoms. The maximum absolute atomic E-state index is 12.4. The van der Waals surface area contributed by atoms with Gasteiger partial charge in [-0.05, 0) is 31.6 Å². The van der Waals surface area contributed by atoms with E-state index in [9.17, 15) is 9.36 Å². The van der Waals surface area contributed by atoms with Crippen LogP contribution in [0.2, 0.25) is 0 Å². The number of hydrogen-bond donors (Lipinski definition) is 1. The van der Waals surface area contributed by atoms with E-state index in [0.717, 1.165) is 11.0 Å². The van der Waals surface area contributed by atoms with Crippen molar-refractivity contribution in [2.75, 3.05) is 20.8 Å². The number of ketones is 1. The Kier molecular flexibility index (Phi) is 7.27. The second-order valence-electron chi connectivity index (χ2n) is 7.78. The zero-order valence-electron chi connectivity index (χ0n) is 18.0. The summed E-state index contributed by atoms with van der Waals surface area (Å²) in [4.78, 5) is 12.0. The molecule has 0 spiro atoms. The Balaban J connectivity index is 2.22. The number of aromatic amines is 1. The Bertz CT molecular complexity index is 946. The number of carbonyl (C=O) groups excluding carboxylic acids is 1. The molecule has 2 rings (SSSR count). The van der Waals surface area contributed by atoms with Gasteiger partial charge >= 0.3 is 7.82 Å². The first kappa shape index (κ1) is 23.1. The van der Waals surface area contributed by atoms with Crippen LogP contribution in [0.4, 0.5) is 0 Å². The molecule has 0 radical (unpaired) electrons. The van der Waals surface area contributed by atoms with Gasteiger partial charge in [0.25, 0.3) is 0 Å². The van der Waals surface area contributed by atoms with Crippen molar-refractivity contribution in [3.8, 4) is 5.75 Å². The van der Waals surface area contributed by atoms with E-state index in [1.54, 1.807) is 12.1 Å². The third-order valence-corrected chi connectivity index (χ3v) is 5.59. The van der Waals surface area contributed by atoms with Crippen LogP contribution in [0.25, 0.3) is 16.7 Å². The highest BCUT2D eigenvalue weighted by Gasteiger charge is 2.29. The average Bonchev–Trinajstić information content (AvgIpc) is 3.07. The largest absolute Gasteiger partial charge is 0.529 e. The highest BCUT2D eigenvalue weighted by molar-refractivity contribution is 7.48. The number of allylic oxidation sites excluding steroid dienone is 1. The molecular weight excluding hydrogens is 395 g/mol. The molecule has 1 heterocycles. The number of phosphoric acid groups is 1. The molecule has 160 valence electrons. The van der Waals surface area contributed by atoms with E-state index in [1.165, 1.54) is 14.2 Å². The van der Waals surface area contributed by atoms with Crippen LogP contribution in [0.1, 0.15) is 46.7 Å². The third-order valence-electron chi connectivity index (χ3n) is 4.29. The Morgan fingerprint density at radius 3 is 2.38 bits per heavy atom. The molecule has 0 saturated heterocycles. The molecule has 1 aromatic carbocycles. The van der Waals surface area contributed by atoms with Crippen molar-refractivity contribution in [1.29, 1.82) is 0 Å². The van der Waals surface area contributed by atoms with Crippen molar-refractivity contribution in [3.63, 3.8) is 0 Å². The van der Waals surface area contributed by atoms with Gasteiger partial charge in [-0.1, -0.05) is 20.8 Å². The fraction of sp³-hybridized carbons (Fsp3) is 0.500. The zero-order valence-corrected chi connectivity index (χ0v) is 18.9. The summed E-state index contributed by atoms with van der Waals surface area (Å²) in [6.07, 6.45) is 0.342. The molecule has 0 bridgehead atoms. The number of nitrogens with zero attached hydrogens (tertiary/aromatic N) is 1. The van der Waals surface area contributed by atoms with E-state index in [0.29, 0.717) is 35.7 Å². The molecule has 1 N–H and O–H groups in total. The summed E-state index contributed by atoms with van der Waals surface area (Å²) in [7, 11) is -1.22. The molecule has 9 heteroatoms. The van der Waals surface area contributed by atoms with Gasteiger partial charge in [0.2, 0.25) is 0 Å². The number of aromatic nitrogens is 2. The van der Waals surface area contributed by atoms with Crippen molar-refractivity contribution in [2.45, 2.75) is 41.0 Å². The lowest BCUT2D eigenvalue weighted by atomic mass is 9.89. The number of fused-ring (bicyclic) bond motifs is 1. The van der Waals surface area contributed by atoms with Crippen LogP contribution >= 0.6 is 7.82 Å². The van der Waals surface area contributed by atoms with E-state index in [-0.39, 0.29) is 11.2 Å². The summed E-state index contributed by atoms with van der Waals surface area (Å²) in [6, 6.07) is 5.41. The number of benzene rings is 1. The predicted octanol–water partition coefficient (Wildman–Crippen LogP) is 5.12. The number of nitrogens with one attached hydrogen (secondary N) is 1. The number of Topliss-reactive ketones (excluding diaryl/α,β-unsaturated/α-hetero) is 1. The van der Waals surface area contributed by atoms with Crippen molar-refractivity contribution in [3.05, 3.63) is 29.5 Å². The van der Waals surface area contributed by atoms with Crippen LogP contribution < -0.4 is 4.74 Å². The minimum Gasteiger partial charge on any atom is -0.493 e. The normalized spacial score (nSPS) is 12.1. The van der Waals surface area contributed by atoms with E-state index in [4.69, 9.17) is 18.3 Å². The maximum atomic E-state index is 12.4. The van der Waals surface area contributed by atoms with E-state index in [1.807, 2.05) is 40.7 Å². The standard InChI is InChI=1S/C20H29N2O6P/c1-13(2)19(28-29(24,25-6)26-7)18-15-9-8-14(12-16(15)21-22-18)27-11-10-17(23)20(3,4)5/h8-9,12H,10-11H2,1-7H3,(H,21,22). The predicted molar refractivity (Wildman–Crippen MR) is 112 cm³/mol. The van der Waals surface area contributed by atoms with Crippen LogP contribution in [0, 0.1) is 5.41 Å². The fourth-order valence-corrected chi connectivity index (χ4v) is 3.32. The highest BCUT2D eigenvalue weighted by Crippen LogP contribution is 2.52. The number of rotatable bonds is 9. The highest BCUT2D eigenvalue weighted by atomic mass is 31.2. The van der Waals surface area contributed by atoms with Crippen LogP contribution in [0.5, 0.6) is 5.75 Å². The summed E-state index contributed by atoms with van der Waals surface area (Å²) in [5.74, 6) is 1.08. The minimum atomic E-state index is -3.73. The molecule has 8 nitrogen and oxygen atoms in total. The Labute approximate surface area is 171 Å². The SMILES string of the molecule is COP(=O)(OC)OC(=C(C)C)c1n[nH]c2cc(OCCC(=O)C(C)(C)C)ccc12. The number of H-pyrrole nitrogens is 1. The van der Waals surface area contributed by atoms with Gasteiger partial charge in [-0.15, -0.1) is 0 Å². The summed E-state index contributed by atoms with van der Waals surface area (Å²) in [6.45, 7) is 9.60. The fourth-order valence-electron chi connectivity index (χ4n) is 2.53. The topological polar surface area (TPSA) is 99.7 Å². The Morgan fingerprint density at radius 2 is 1.83 bits per heavy atom. The first-order valence-corrected chi connectivity index (χ1v) is 10.7. The van der Waals surface area contributed by atoms with Gasteiger partial charge in [-0.25, -0.2) is 4.57 Å². The van der Waals surface area contributed by atoms with Gasteiger partial charge in [0, 0.05) is 37.5 Å². The van der Waals surface area contributed by atoms with Crippen LogP contribution in [0.3, 0.4) is 0 Å². The Morgan fingerprint density at radius 1 is 1.17 bits per heavy atom. The van der Waals surface area contributed by atoms with Crippen molar-refractivity contribution in [2.24, 2.45) is 5.41 Å². The first-order valence-electron chi connectivity index (χ1n) is 9.24. The van der Waals surface area contributed by atoms with Crippen molar-refractivity contribution >= 4 is 30.3 Å². The third kappa shape index (κ3) is 5.69. The monoisotopic (exact) mass is 424 g/mol. The molecule has 0 atom stereocenters. The molecule has 0 fully saturated rings. The first-order chi connectivity index (χ1) is 13.5. The van der Waals surface area contributed by atoms with E-state index in [2.05, 4.69) is 10.2 Å². The molecular formula is C20H29N2O6P. The summed E-state index contributed by atoms with van der Waals surface area (Å²) in [5, 5.41) is 7.99. The van der Waals surface area contributed by atoms with Gasteiger partial charge < -0.3 is 9.26 Å². The van der Waals surface area contributed by atoms with Gasteiger partial charge in [0.1, 0.15) is 17.2 Å². The molecule has 0 aliphatic carbocycles. The summed E-state index contributed by atoms with van der Waals surface area (Å²) in [5.41, 5.74) is 1.58. The minimum absolute atomic E-state index is 0.147. The molecule has 0 saturated carbocycles. The average molecular weight is 424 g/mol. The van der Waals surface area contributed by atoms with E-state index >= 15 is 0 Å². The lowest BCUT2D eigenvalue weighted by Gasteiger charge is -2.17. The molecule has 1 aromatic heterocycles. The maximum Gasteiger partial charge on any atom is 0.529 e. The zero-order chi connectivity index (χ0) is 21.8. The molecule has 0 aliphatic rings. The lowest BCUT2D eigenvalue weighted by Crippen LogP contribution is -2.22. The van der Waals surface area contributed by atoms with Gasteiger partial charge in [0.15, 0.2) is 5.76 Å². The molecule has 0 unspecified atom stereocenters. The Hall–Kier alpha value is -2.15. The second kappa shape index (κ2) is 9.11. The smallest absolute Gasteiger partial charge is 0.493 e. The molecule has 0 aliphatic heterocycles. The van der Waals surface area contributed by atoms with Crippen molar-refractivity contribution in [1.82, 2.24) is 10.2 Å². The molecule has 0 amide bonds. The van der Waals surface area contributed by atoms with Gasteiger partial charge in [-0.2, -0.15) is 5.10 Å². The van der Waals surface area contributed by atoms with Crippen LogP contribution in [-0.2, 0) is 22.9 Å². The summed E-state index contributed by atoms with van der Waals surface area (Å²) >= 11 is 0. The number of carbonyl (C=O) groups is 1. The van der Waals surface area contributed by atoms with Gasteiger partial charge in [0.05, 0.1) is 12.1 Å². The second-order valence-corrected chi connectivity index (χ2v) is 9.59. The lowest BCUT2D eigenvalue weighted by molar-refractivity contribution is -0.126. The number of phosphoric ester groups is 1. The van der Waals surface area contributed by atoms with E-state index < -0.39 is 7.82 Å². The quantitative estimate of drug-likeness (QED) is 0.441. The summed E-state index contributed by atoms with van der Waals surface area (Å²) < 4.78 is 33.4. The molecule has 2 aromatic rings. The van der Waals surface area contributed by atoms with Crippen molar-refractivity contribution < 1.29 is 27.7 Å². The van der Waals surface area contributed by atoms with Crippen LogP contribution in [-0.4, -0.2) is 36.8 Å². The van der Waals surface area contributed by atoms with Gasteiger partial charge in [-0.3, -0.25) is 18.9 Å². The number of hydrogen-bond acceptors (Lipinski definition) is 7.